The molecule has 4 heteroatoms. The van der Waals surface area contributed by atoms with E-state index in [4.69, 9.17) is 9.52 Å². The first kappa shape index (κ1) is 18.1. The van der Waals surface area contributed by atoms with E-state index in [-0.39, 0.29) is 11.2 Å². The molecule has 0 bridgehead atoms. The minimum absolute atomic E-state index is 0.0395. The molecule has 0 saturated heterocycles. The van der Waals surface area contributed by atoms with Crippen LogP contribution in [-0.2, 0) is 5.41 Å². The molecule has 1 heterocycles. The van der Waals surface area contributed by atoms with Crippen molar-refractivity contribution in [2.24, 2.45) is 0 Å². The summed E-state index contributed by atoms with van der Waals surface area (Å²) in [6.07, 6.45) is 2.03. The van der Waals surface area contributed by atoms with Crippen LogP contribution in [0, 0.1) is 0 Å². The van der Waals surface area contributed by atoms with E-state index in [0.717, 1.165) is 19.4 Å². The highest BCUT2D eigenvalue weighted by Crippen LogP contribution is 2.27. The first-order valence-electron chi connectivity index (χ1n) is 8.48. The van der Waals surface area contributed by atoms with E-state index in [0.29, 0.717) is 11.8 Å². The maximum Gasteiger partial charge on any atom is 0.371 e. The van der Waals surface area contributed by atoms with Gasteiger partial charge in [-0.2, -0.15) is 0 Å². The van der Waals surface area contributed by atoms with Crippen molar-refractivity contribution in [3.8, 4) is 0 Å². The van der Waals surface area contributed by atoms with Gasteiger partial charge in [0.1, 0.15) is 0 Å². The third-order valence-electron chi connectivity index (χ3n) is 4.35. The highest BCUT2D eigenvalue weighted by molar-refractivity contribution is 5.84. The van der Waals surface area contributed by atoms with Crippen molar-refractivity contribution >= 4 is 11.9 Å². The number of nitrogens with one attached hydrogen (secondary N) is 1. The molecule has 0 aliphatic carbocycles. The summed E-state index contributed by atoms with van der Waals surface area (Å²) in [6.45, 7) is 9.60. The molecule has 2 rings (SSSR count). The van der Waals surface area contributed by atoms with Crippen LogP contribution in [0.4, 0.5) is 5.88 Å². The van der Waals surface area contributed by atoms with E-state index in [9.17, 15) is 4.79 Å². The van der Waals surface area contributed by atoms with Crippen molar-refractivity contribution in [1.29, 1.82) is 0 Å². The van der Waals surface area contributed by atoms with Gasteiger partial charge in [-0.05, 0) is 41.4 Å². The first-order valence-corrected chi connectivity index (χ1v) is 8.48. The summed E-state index contributed by atoms with van der Waals surface area (Å²) in [5.41, 5.74) is 2.86. The molecular weight excluding hydrogens is 302 g/mol. The van der Waals surface area contributed by atoms with E-state index >= 15 is 0 Å². The van der Waals surface area contributed by atoms with Gasteiger partial charge >= 0.3 is 5.97 Å². The molecule has 1 aromatic heterocycles. The maximum atomic E-state index is 10.8. The predicted molar refractivity (Wildman–Crippen MR) is 96.9 cm³/mol. The Labute approximate surface area is 143 Å². The highest BCUT2D eigenvalue weighted by Gasteiger charge is 2.15. The summed E-state index contributed by atoms with van der Waals surface area (Å²) in [5.74, 6) is -0.110. The van der Waals surface area contributed by atoms with Crippen molar-refractivity contribution in [1.82, 2.24) is 0 Å². The second-order valence-corrected chi connectivity index (χ2v) is 7.16. The van der Waals surface area contributed by atoms with E-state index in [2.05, 4.69) is 57.3 Å². The average Bonchev–Trinajstić information content (AvgIpc) is 3.00. The average molecular weight is 329 g/mol. The van der Waals surface area contributed by atoms with Crippen LogP contribution in [0.3, 0.4) is 0 Å². The van der Waals surface area contributed by atoms with Gasteiger partial charge in [-0.25, -0.2) is 4.79 Å². The molecule has 1 aromatic carbocycles. The SMILES string of the molecule is CCC(CCNc1ccc(C(=O)O)o1)c1ccc(C(C)(C)C)cc1. The van der Waals surface area contributed by atoms with Crippen LogP contribution in [0.1, 0.15) is 68.1 Å². The fraction of sp³-hybridized carbons (Fsp3) is 0.450. The van der Waals surface area contributed by atoms with E-state index in [1.54, 1.807) is 6.07 Å². The minimum atomic E-state index is -1.05. The Morgan fingerprint density at radius 2 is 1.83 bits per heavy atom. The molecule has 0 aliphatic heterocycles. The number of benzene rings is 1. The molecule has 0 radical (unpaired) electrons. The number of carboxylic acids is 1. The highest BCUT2D eigenvalue weighted by atomic mass is 16.4. The Bertz CT molecular complexity index is 665. The second kappa shape index (κ2) is 7.56. The summed E-state index contributed by atoms with van der Waals surface area (Å²) >= 11 is 0. The summed E-state index contributed by atoms with van der Waals surface area (Å²) in [7, 11) is 0. The monoisotopic (exact) mass is 329 g/mol. The van der Waals surface area contributed by atoms with Crippen LogP contribution in [0.15, 0.2) is 40.8 Å². The zero-order chi connectivity index (χ0) is 17.7. The van der Waals surface area contributed by atoms with Gasteiger partial charge in [-0.15, -0.1) is 0 Å². The first-order chi connectivity index (χ1) is 11.3. The molecular formula is C20H27NO3. The maximum absolute atomic E-state index is 10.8. The molecule has 4 nitrogen and oxygen atoms in total. The fourth-order valence-corrected chi connectivity index (χ4v) is 2.78. The molecule has 0 spiro atoms. The number of rotatable bonds is 7. The molecule has 1 atom stereocenters. The van der Waals surface area contributed by atoms with E-state index in [1.165, 1.54) is 17.2 Å². The van der Waals surface area contributed by atoms with E-state index in [1.807, 2.05) is 0 Å². The Kier molecular flexibility index (Phi) is 5.71. The third kappa shape index (κ3) is 4.63. The Balaban J connectivity index is 1.93. The minimum Gasteiger partial charge on any atom is -0.475 e. The molecule has 24 heavy (non-hydrogen) atoms. The third-order valence-corrected chi connectivity index (χ3v) is 4.35. The summed E-state index contributed by atoms with van der Waals surface area (Å²) in [6, 6.07) is 12.0. The van der Waals surface area contributed by atoms with Gasteiger partial charge in [0, 0.05) is 12.6 Å². The van der Waals surface area contributed by atoms with Gasteiger partial charge in [0.15, 0.2) is 5.88 Å². The predicted octanol–water partition coefficient (Wildman–Crippen LogP) is 5.27. The molecule has 0 fully saturated rings. The Morgan fingerprint density at radius 1 is 1.17 bits per heavy atom. The molecule has 0 saturated carbocycles. The normalized spacial score (nSPS) is 12.8. The Morgan fingerprint density at radius 3 is 2.33 bits per heavy atom. The van der Waals surface area contributed by atoms with Gasteiger partial charge in [0.2, 0.25) is 5.76 Å². The van der Waals surface area contributed by atoms with Crippen LogP contribution in [0.5, 0.6) is 0 Å². The van der Waals surface area contributed by atoms with Crippen LogP contribution in [-0.4, -0.2) is 17.6 Å². The van der Waals surface area contributed by atoms with Gasteiger partial charge in [0.25, 0.3) is 0 Å². The van der Waals surface area contributed by atoms with Gasteiger partial charge in [0.05, 0.1) is 0 Å². The number of carboxylic acid groups (broad SMARTS) is 1. The summed E-state index contributed by atoms with van der Waals surface area (Å²) in [5, 5.41) is 12.0. The fourth-order valence-electron chi connectivity index (χ4n) is 2.78. The molecule has 2 N–H and O–H groups in total. The summed E-state index contributed by atoms with van der Waals surface area (Å²) in [4.78, 5) is 10.8. The molecule has 0 amide bonds. The van der Waals surface area contributed by atoms with Gasteiger partial charge < -0.3 is 14.8 Å². The van der Waals surface area contributed by atoms with Crippen molar-refractivity contribution in [2.75, 3.05) is 11.9 Å². The molecule has 1 unspecified atom stereocenters. The molecule has 0 aliphatic rings. The number of carbonyl (C=O) groups is 1. The number of aromatic carboxylic acids is 1. The topological polar surface area (TPSA) is 62.5 Å². The standard InChI is InChI=1S/C20H27NO3/c1-5-14(15-6-8-16(9-7-15)20(2,3)4)12-13-21-18-11-10-17(24-18)19(22)23/h6-11,14,21H,5,12-13H2,1-4H3,(H,22,23). The number of furan rings is 1. The van der Waals surface area contributed by atoms with Crippen LogP contribution in [0.25, 0.3) is 0 Å². The number of hydrogen-bond acceptors (Lipinski definition) is 3. The lowest BCUT2D eigenvalue weighted by Crippen LogP contribution is -2.11. The summed E-state index contributed by atoms with van der Waals surface area (Å²) < 4.78 is 5.21. The lowest BCUT2D eigenvalue weighted by atomic mass is 9.85. The zero-order valence-corrected chi connectivity index (χ0v) is 14.9. The quantitative estimate of drug-likeness (QED) is 0.726. The number of anilines is 1. The van der Waals surface area contributed by atoms with Crippen molar-refractivity contribution in [2.45, 2.75) is 51.9 Å². The smallest absolute Gasteiger partial charge is 0.371 e. The van der Waals surface area contributed by atoms with Crippen molar-refractivity contribution in [3.05, 3.63) is 53.3 Å². The van der Waals surface area contributed by atoms with Crippen molar-refractivity contribution in [3.63, 3.8) is 0 Å². The lowest BCUT2D eigenvalue weighted by molar-refractivity contribution is 0.0663. The zero-order valence-electron chi connectivity index (χ0n) is 14.9. The van der Waals surface area contributed by atoms with E-state index < -0.39 is 5.97 Å². The molecule has 130 valence electrons. The van der Waals surface area contributed by atoms with Crippen molar-refractivity contribution < 1.29 is 14.3 Å². The number of hydrogen-bond donors (Lipinski definition) is 2. The largest absolute Gasteiger partial charge is 0.475 e. The van der Waals surface area contributed by atoms with Gasteiger partial charge in [-0.1, -0.05) is 52.0 Å². The second-order valence-electron chi connectivity index (χ2n) is 7.16. The van der Waals surface area contributed by atoms with Crippen LogP contribution >= 0.6 is 0 Å². The lowest BCUT2D eigenvalue weighted by Gasteiger charge is -2.21. The Hall–Kier alpha value is -2.23. The molecule has 2 aromatic rings. The van der Waals surface area contributed by atoms with Crippen LogP contribution < -0.4 is 5.32 Å². The van der Waals surface area contributed by atoms with Gasteiger partial charge in [-0.3, -0.25) is 0 Å². The van der Waals surface area contributed by atoms with Crippen LogP contribution in [0.2, 0.25) is 0 Å².